The molecule has 1 fully saturated rings. The normalized spacial score (nSPS) is 20.3. The molecule has 1 aromatic rings. The number of nitrogens with two attached hydrogens (primary N) is 1. The van der Waals surface area contributed by atoms with E-state index in [2.05, 4.69) is 27.7 Å². The van der Waals surface area contributed by atoms with Crippen LogP contribution in [0.3, 0.4) is 0 Å². The Hall–Kier alpha value is -1.55. The highest BCUT2D eigenvalue weighted by atomic mass is 16.5. The minimum absolute atomic E-state index is 0.138. The lowest BCUT2D eigenvalue weighted by molar-refractivity contribution is -0.150. The SMILES string of the molecule is Cc1cccc(OCCC(=O)N2C(C)(C)CC(N)CC2(C)C)c1. The maximum Gasteiger partial charge on any atom is 0.226 e. The molecule has 1 saturated heterocycles. The third-order valence-corrected chi connectivity index (χ3v) is 4.56. The molecule has 1 aliphatic rings. The molecule has 0 saturated carbocycles. The third-order valence-electron chi connectivity index (χ3n) is 4.56. The summed E-state index contributed by atoms with van der Waals surface area (Å²) in [6.07, 6.45) is 2.05. The van der Waals surface area contributed by atoms with Crippen molar-refractivity contribution in [3.8, 4) is 5.75 Å². The molecule has 4 heteroatoms. The number of nitrogens with zero attached hydrogens (tertiary/aromatic N) is 1. The van der Waals surface area contributed by atoms with Crippen LogP contribution >= 0.6 is 0 Å². The van der Waals surface area contributed by atoms with E-state index in [-0.39, 0.29) is 23.0 Å². The van der Waals surface area contributed by atoms with Gasteiger partial charge in [-0.3, -0.25) is 4.79 Å². The predicted molar refractivity (Wildman–Crippen MR) is 93.5 cm³/mol. The van der Waals surface area contributed by atoms with Gasteiger partial charge in [0.1, 0.15) is 5.75 Å². The fourth-order valence-corrected chi connectivity index (χ4v) is 4.11. The number of rotatable bonds is 4. The minimum Gasteiger partial charge on any atom is -0.493 e. The molecular weight excluding hydrogens is 288 g/mol. The van der Waals surface area contributed by atoms with Gasteiger partial charge in [-0.2, -0.15) is 0 Å². The molecular formula is C19H30N2O2. The number of benzene rings is 1. The van der Waals surface area contributed by atoms with E-state index >= 15 is 0 Å². The summed E-state index contributed by atoms with van der Waals surface area (Å²) >= 11 is 0. The largest absolute Gasteiger partial charge is 0.493 e. The maximum atomic E-state index is 12.8. The first kappa shape index (κ1) is 17.8. The van der Waals surface area contributed by atoms with E-state index < -0.39 is 0 Å². The van der Waals surface area contributed by atoms with E-state index in [9.17, 15) is 4.79 Å². The van der Waals surface area contributed by atoms with E-state index in [0.29, 0.717) is 13.0 Å². The molecule has 2 N–H and O–H groups in total. The lowest BCUT2D eigenvalue weighted by atomic mass is 9.77. The number of hydrogen-bond donors (Lipinski definition) is 1. The van der Waals surface area contributed by atoms with Crippen LogP contribution in [0.15, 0.2) is 24.3 Å². The van der Waals surface area contributed by atoms with Crippen LogP contribution in [0.2, 0.25) is 0 Å². The van der Waals surface area contributed by atoms with Crippen LogP contribution in [-0.4, -0.2) is 34.5 Å². The summed E-state index contributed by atoms with van der Waals surface area (Å²) in [5.41, 5.74) is 6.89. The van der Waals surface area contributed by atoms with Gasteiger partial charge in [0.15, 0.2) is 0 Å². The number of ether oxygens (including phenoxy) is 1. The summed E-state index contributed by atoms with van der Waals surface area (Å²) in [5.74, 6) is 0.955. The second-order valence-electron chi connectivity index (χ2n) is 7.94. The third kappa shape index (κ3) is 4.25. The molecule has 1 amide bonds. The van der Waals surface area contributed by atoms with Crippen molar-refractivity contribution in [2.45, 2.75) is 71.0 Å². The molecule has 0 spiro atoms. The van der Waals surface area contributed by atoms with Gasteiger partial charge in [0.05, 0.1) is 13.0 Å². The molecule has 128 valence electrons. The highest BCUT2D eigenvalue weighted by Gasteiger charge is 2.46. The van der Waals surface area contributed by atoms with Gasteiger partial charge in [-0.25, -0.2) is 0 Å². The van der Waals surface area contributed by atoms with E-state index in [4.69, 9.17) is 10.5 Å². The second kappa shape index (κ2) is 6.52. The van der Waals surface area contributed by atoms with Crippen LogP contribution in [0.5, 0.6) is 5.75 Å². The summed E-state index contributed by atoms with van der Waals surface area (Å²) in [7, 11) is 0. The summed E-state index contributed by atoms with van der Waals surface area (Å²) in [5, 5.41) is 0. The van der Waals surface area contributed by atoms with Crippen molar-refractivity contribution in [3.63, 3.8) is 0 Å². The Labute approximate surface area is 140 Å². The van der Waals surface area contributed by atoms with Crippen LogP contribution in [0.25, 0.3) is 0 Å². The summed E-state index contributed by atoms with van der Waals surface area (Å²) in [4.78, 5) is 14.8. The zero-order valence-electron chi connectivity index (χ0n) is 15.1. The van der Waals surface area contributed by atoms with Crippen molar-refractivity contribution < 1.29 is 9.53 Å². The molecule has 0 aromatic heterocycles. The predicted octanol–water partition coefficient (Wildman–Crippen LogP) is 3.27. The number of likely N-dealkylation sites (tertiary alicyclic amines) is 1. The Kier molecular flexibility index (Phi) is 5.04. The van der Waals surface area contributed by atoms with Crippen LogP contribution in [0, 0.1) is 6.92 Å². The molecule has 1 heterocycles. The smallest absolute Gasteiger partial charge is 0.226 e. The van der Waals surface area contributed by atoms with E-state index in [1.807, 2.05) is 36.1 Å². The van der Waals surface area contributed by atoms with E-state index in [1.165, 1.54) is 0 Å². The summed E-state index contributed by atoms with van der Waals surface area (Å²) in [6.45, 7) is 10.8. The monoisotopic (exact) mass is 318 g/mol. The Morgan fingerprint density at radius 3 is 2.43 bits per heavy atom. The average molecular weight is 318 g/mol. The molecule has 0 aliphatic carbocycles. The molecule has 0 unspecified atom stereocenters. The van der Waals surface area contributed by atoms with Crippen molar-refractivity contribution in [1.29, 1.82) is 0 Å². The molecule has 0 bridgehead atoms. The van der Waals surface area contributed by atoms with Gasteiger partial charge in [0.2, 0.25) is 5.91 Å². The van der Waals surface area contributed by atoms with Gasteiger partial charge in [-0.15, -0.1) is 0 Å². The number of aryl methyl sites for hydroxylation is 1. The molecule has 2 rings (SSSR count). The molecule has 4 nitrogen and oxygen atoms in total. The average Bonchev–Trinajstić information content (AvgIpc) is 2.34. The number of amides is 1. The van der Waals surface area contributed by atoms with Crippen molar-refractivity contribution >= 4 is 5.91 Å². The minimum atomic E-state index is -0.221. The Morgan fingerprint density at radius 2 is 1.87 bits per heavy atom. The second-order valence-corrected chi connectivity index (χ2v) is 7.94. The van der Waals surface area contributed by atoms with Gasteiger partial charge in [0.25, 0.3) is 0 Å². The molecule has 0 atom stereocenters. The number of carbonyl (C=O) groups excluding carboxylic acids is 1. The standard InChI is InChI=1S/C19H30N2O2/c1-14-7-6-8-16(11-14)23-10-9-17(22)21-18(2,3)12-15(20)13-19(21,4)5/h6-8,11,15H,9-10,12-13,20H2,1-5H3. The Morgan fingerprint density at radius 1 is 1.26 bits per heavy atom. The van der Waals surface area contributed by atoms with Gasteiger partial charge in [-0.05, 0) is 65.2 Å². The molecule has 23 heavy (non-hydrogen) atoms. The first-order chi connectivity index (χ1) is 10.6. The van der Waals surface area contributed by atoms with Gasteiger partial charge < -0.3 is 15.4 Å². The van der Waals surface area contributed by atoms with Gasteiger partial charge in [-0.1, -0.05) is 12.1 Å². The summed E-state index contributed by atoms with van der Waals surface area (Å²) < 4.78 is 5.73. The number of hydrogen-bond acceptors (Lipinski definition) is 3. The fraction of sp³-hybridized carbons (Fsp3) is 0.632. The first-order valence-electron chi connectivity index (χ1n) is 8.40. The van der Waals surface area contributed by atoms with Gasteiger partial charge >= 0.3 is 0 Å². The zero-order valence-corrected chi connectivity index (χ0v) is 15.1. The van der Waals surface area contributed by atoms with Crippen LogP contribution in [0.4, 0.5) is 0 Å². The van der Waals surface area contributed by atoms with Crippen LogP contribution in [0.1, 0.15) is 52.5 Å². The van der Waals surface area contributed by atoms with Crippen LogP contribution in [-0.2, 0) is 4.79 Å². The maximum absolute atomic E-state index is 12.8. The summed E-state index contributed by atoms with van der Waals surface area (Å²) in [6, 6.07) is 8.04. The topological polar surface area (TPSA) is 55.6 Å². The quantitative estimate of drug-likeness (QED) is 0.927. The Bertz CT molecular complexity index is 548. The highest BCUT2D eigenvalue weighted by molar-refractivity contribution is 5.78. The molecule has 1 aliphatic heterocycles. The number of carbonyl (C=O) groups is 1. The lowest BCUT2D eigenvalue weighted by Gasteiger charge is -2.54. The molecule has 1 aromatic carbocycles. The van der Waals surface area contributed by atoms with E-state index in [1.54, 1.807) is 0 Å². The Balaban J connectivity index is 1.98. The van der Waals surface area contributed by atoms with Crippen molar-refractivity contribution in [1.82, 2.24) is 4.90 Å². The van der Waals surface area contributed by atoms with Crippen molar-refractivity contribution in [2.75, 3.05) is 6.61 Å². The van der Waals surface area contributed by atoms with Gasteiger partial charge in [0, 0.05) is 17.1 Å². The van der Waals surface area contributed by atoms with E-state index in [0.717, 1.165) is 24.2 Å². The molecule has 0 radical (unpaired) electrons. The first-order valence-corrected chi connectivity index (χ1v) is 8.40. The zero-order chi connectivity index (χ0) is 17.3. The van der Waals surface area contributed by atoms with Crippen molar-refractivity contribution in [2.24, 2.45) is 5.73 Å². The fourth-order valence-electron chi connectivity index (χ4n) is 4.11. The number of piperidine rings is 1. The van der Waals surface area contributed by atoms with Crippen LogP contribution < -0.4 is 10.5 Å². The highest BCUT2D eigenvalue weighted by Crippen LogP contribution is 2.38. The van der Waals surface area contributed by atoms with Crippen molar-refractivity contribution in [3.05, 3.63) is 29.8 Å². The lowest BCUT2D eigenvalue weighted by Crippen LogP contribution is -2.65.